The molecular weight excluding hydrogens is 272 g/mol. The normalized spacial score (nSPS) is 15.5. The van der Waals surface area contributed by atoms with Crippen LogP contribution in [0.5, 0.6) is 11.5 Å². The molecule has 1 fully saturated rings. The Morgan fingerprint density at radius 2 is 1.90 bits per heavy atom. The number of benzene rings is 1. The van der Waals surface area contributed by atoms with Crippen LogP contribution in [0.25, 0.3) is 0 Å². The van der Waals surface area contributed by atoms with Crippen LogP contribution in [0.4, 0.5) is 0 Å². The van der Waals surface area contributed by atoms with Crippen molar-refractivity contribution in [3.8, 4) is 11.5 Å². The van der Waals surface area contributed by atoms with Crippen LogP contribution in [-0.2, 0) is 4.74 Å². The first-order chi connectivity index (χ1) is 10.2. The molecule has 0 aromatic heterocycles. The summed E-state index contributed by atoms with van der Waals surface area (Å²) in [6.45, 7) is 5.13. The molecule has 1 aromatic rings. The largest absolute Gasteiger partial charge is 0.493 e. The zero-order chi connectivity index (χ0) is 15.1. The minimum Gasteiger partial charge on any atom is -0.493 e. The minimum atomic E-state index is -0.342. The summed E-state index contributed by atoms with van der Waals surface area (Å²) >= 11 is 0. The molecule has 1 aliphatic rings. The van der Waals surface area contributed by atoms with Crippen molar-refractivity contribution in [2.75, 3.05) is 53.6 Å². The maximum absolute atomic E-state index is 12.0. The lowest BCUT2D eigenvalue weighted by atomic mass is 10.2. The smallest absolute Gasteiger partial charge is 0.338 e. The van der Waals surface area contributed by atoms with E-state index in [0.29, 0.717) is 23.7 Å². The number of hydrogen-bond acceptors (Lipinski definition) is 6. The summed E-state index contributed by atoms with van der Waals surface area (Å²) in [5, 5.41) is 3.29. The number of carbonyl (C=O) groups is 1. The second kappa shape index (κ2) is 7.85. The molecule has 1 aliphatic heterocycles. The number of nitrogens with zero attached hydrogens (tertiary/aromatic N) is 1. The molecule has 2 rings (SSSR count). The van der Waals surface area contributed by atoms with Crippen LogP contribution in [0, 0.1) is 0 Å². The highest BCUT2D eigenvalue weighted by molar-refractivity contribution is 5.90. The molecule has 1 heterocycles. The molecule has 1 N–H and O–H groups in total. The first-order valence-corrected chi connectivity index (χ1v) is 7.07. The number of ether oxygens (including phenoxy) is 3. The number of rotatable bonds is 6. The fourth-order valence-corrected chi connectivity index (χ4v) is 2.25. The second-order valence-corrected chi connectivity index (χ2v) is 4.80. The maximum Gasteiger partial charge on any atom is 0.338 e. The molecule has 21 heavy (non-hydrogen) atoms. The van der Waals surface area contributed by atoms with Crippen LogP contribution >= 0.6 is 0 Å². The van der Waals surface area contributed by atoms with Gasteiger partial charge in [0.25, 0.3) is 0 Å². The monoisotopic (exact) mass is 294 g/mol. The van der Waals surface area contributed by atoms with Crippen molar-refractivity contribution in [3.63, 3.8) is 0 Å². The average molecular weight is 294 g/mol. The zero-order valence-electron chi connectivity index (χ0n) is 12.6. The Morgan fingerprint density at radius 3 is 2.57 bits per heavy atom. The number of carbonyl (C=O) groups excluding carboxylic acids is 1. The number of hydrogen-bond donors (Lipinski definition) is 1. The van der Waals surface area contributed by atoms with Crippen LogP contribution in [0.1, 0.15) is 10.4 Å². The molecule has 6 heteroatoms. The van der Waals surface area contributed by atoms with Crippen molar-refractivity contribution in [3.05, 3.63) is 23.8 Å². The van der Waals surface area contributed by atoms with Gasteiger partial charge in [-0.25, -0.2) is 4.79 Å². The summed E-state index contributed by atoms with van der Waals surface area (Å²) in [6.07, 6.45) is 0. The third-order valence-electron chi connectivity index (χ3n) is 3.47. The van der Waals surface area contributed by atoms with E-state index in [2.05, 4.69) is 10.2 Å². The highest BCUT2D eigenvalue weighted by atomic mass is 16.5. The van der Waals surface area contributed by atoms with Gasteiger partial charge in [0.05, 0.1) is 19.8 Å². The number of methoxy groups -OCH3 is 2. The van der Waals surface area contributed by atoms with E-state index in [9.17, 15) is 4.79 Å². The van der Waals surface area contributed by atoms with E-state index < -0.39 is 0 Å². The molecular formula is C15H22N2O4. The molecule has 116 valence electrons. The number of piperazine rings is 1. The van der Waals surface area contributed by atoms with Gasteiger partial charge in [0.2, 0.25) is 0 Å². The summed E-state index contributed by atoms with van der Waals surface area (Å²) in [5.41, 5.74) is 0.466. The van der Waals surface area contributed by atoms with Gasteiger partial charge in [0, 0.05) is 32.7 Å². The Bertz CT molecular complexity index is 473. The summed E-state index contributed by atoms with van der Waals surface area (Å²) in [4.78, 5) is 14.3. The van der Waals surface area contributed by atoms with Gasteiger partial charge in [-0.15, -0.1) is 0 Å². The number of nitrogens with one attached hydrogen (secondary N) is 1. The van der Waals surface area contributed by atoms with Crippen LogP contribution in [0.3, 0.4) is 0 Å². The van der Waals surface area contributed by atoms with Crippen molar-refractivity contribution in [2.45, 2.75) is 0 Å². The summed E-state index contributed by atoms with van der Waals surface area (Å²) < 4.78 is 15.6. The lowest BCUT2D eigenvalue weighted by Crippen LogP contribution is -2.44. The van der Waals surface area contributed by atoms with Crippen molar-refractivity contribution in [1.82, 2.24) is 10.2 Å². The third kappa shape index (κ3) is 4.34. The predicted octanol–water partition coefficient (Wildman–Crippen LogP) is 0.766. The standard InChI is InChI=1S/C15H22N2O4/c1-19-13-4-3-12(11-14(13)20-2)15(18)21-10-9-17-7-5-16-6-8-17/h3-4,11,16H,5-10H2,1-2H3. The SMILES string of the molecule is COc1ccc(C(=O)OCCN2CCNCC2)cc1OC. The van der Waals surface area contributed by atoms with E-state index in [0.717, 1.165) is 32.7 Å². The first-order valence-electron chi connectivity index (χ1n) is 7.07. The number of esters is 1. The second-order valence-electron chi connectivity index (χ2n) is 4.80. The molecule has 0 unspecified atom stereocenters. The van der Waals surface area contributed by atoms with Crippen molar-refractivity contribution >= 4 is 5.97 Å². The highest BCUT2D eigenvalue weighted by Crippen LogP contribution is 2.27. The average Bonchev–Trinajstić information content (AvgIpc) is 2.55. The van der Waals surface area contributed by atoms with E-state index in [-0.39, 0.29) is 5.97 Å². The Labute approximate surface area is 125 Å². The minimum absolute atomic E-state index is 0.342. The Balaban J connectivity index is 1.85. The van der Waals surface area contributed by atoms with Crippen molar-refractivity contribution in [2.24, 2.45) is 0 Å². The van der Waals surface area contributed by atoms with Gasteiger partial charge in [0.1, 0.15) is 6.61 Å². The fourth-order valence-electron chi connectivity index (χ4n) is 2.25. The lowest BCUT2D eigenvalue weighted by Gasteiger charge is -2.26. The van der Waals surface area contributed by atoms with Gasteiger partial charge in [-0.05, 0) is 18.2 Å². The molecule has 0 spiro atoms. The zero-order valence-corrected chi connectivity index (χ0v) is 12.6. The van der Waals surface area contributed by atoms with Gasteiger partial charge in [-0.2, -0.15) is 0 Å². The van der Waals surface area contributed by atoms with E-state index in [1.807, 2.05) is 0 Å². The highest BCUT2D eigenvalue weighted by Gasteiger charge is 2.13. The molecule has 1 saturated heterocycles. The van der Waals surface area contributed by atoms with Gasteiger partial charge in [-0.3, -0.25) is 4.90 Å². The van der Waals surface area contributed by atoms with Crippen LogP contribution in [0.15, 0.2) is 18.2 Å². The molecule has 0 bridgehead atoms. The fraction of sp³-hybridized carbons (Fsp3) is 0.533. The molecule has 0 amide bonds. The summed E-state index contributed by atoms with van der Waals surface area (Å²) in [7, 11) is 3.10. The molecule has 1 aromatic carbocycles. The summed E-state index contributed by atoms with van der Waals surface area (Å²) in [6, 6.07) is 5.01. The Kier molecular flexibility index (Phi) is 5.83. The van der Waals surface area contributed by atoms with Gasteiger partial charge in [-0.1, -0.05) is 0 Å². The van der Waals surface area contributed by atoms with Gasteiger partial charge in [0.15, 0.2) is 11.5 Å². The lowest BCUT2D eigenvalue weighted by molar-refractivity contribution is 0.0455. The molecule has 0 saturated carbocycles. The topological polar surface area (TPSA) is 60.0 Å². The molecule has 0 radical (unpaired) electrons. The van der Waals surface area contributed by atoms with Gasteiger partial charge < -0.3 is 19.5 Å². The van der Waals surface area contributed by atoms with Crippen molar-refractivity contribution < 1.29 is 19.0 Å². The van der Waals surface area contributed by atoms with E-state index >= 15 is 0 Å². The Morgan fingerprint density at radius 1 is 1.19 bits per heavy atom. The first kappa shape index (κ1) is 15.6. The van der Waals surface area contributed by atoms with E-state index in [1.165, 1.54) is 7.11 Å². The van der Waals surface area contributed by atoms with Gasteiger partial charge >= 0.3 is 5.97 Å². The van der Waals surface area contributed by atoms with Crippen LogP contribution in [0.2, 0.25) is 0 Å². The third-order valence-corrected chi connectivity index (χ3v) is 3.47. The molecule has 0 atom stereocenters. The quantitative estimate of drug-likeness (QED) is 0.782. The van der Waals surface area contributed by atoms with Crippen LogP contribution in [-0.4, -0.2) is 64.4 Å². The van der Waals surface area contributed by atoms with E-state index in [1.54, 1.807) is 25.3 Å². The van der Waals surface area contributed by atoms with Crippen molar-refractivity contribution in [1.29, 1.82) is 0 Å². The maximum atomic E-state index is 12.0. The van der Waals surface area contributed by atoms with Crippen LogP contribution < -0.4 is 14.8 Å². The summed E-state index contributed by atoms with van der Waals surface area (Å²) in [5.74, 6) is 0.773. The molecule has 6 nitrogen and oxygen atoms in total. The molecule has 0 aliphatic carbocycles. The Hall–Kier alpha value is -1.79. The van der Waals surface area contributed by atoms with E-state index in [4.69, 9.17) is 14.2 Å². The predicted molar refractivity (Wildman–Crippen MR) is 79.1 cm³/mol.